The molecule has 2 amide bonds. The topological polar surface area (TPSA) is 137 Å². The van der Waals surface area contributed by atoms with Gasteiger partial charge in [-0.15, -0.1) is 0 Å². The second-order valence-corrected chi connectivity index (χ2v) is 9.60. The average Bonchev–Trinajstić information content (AvgIpc) is 3.32. The van der Waals surface area contributed by atoms with E-state index in [2.05, 4.69) is 10.3 Å². The standard InChI is InChI=1S/C28H33ClN4O5/c1-5-33-14-22(32-28(33)17(4)35)19-8-6-18(7-9-19)12-20(13-31-24(36)15-34)25-21(27(30)37)10-11-23(26(25)29)38-16(2)3/h6-11,14,16,20,34H,5,12-13,15H2,1-4H3,(H2,30,37)(H,31,36). The maximum atomic E-state index is 12.3. The predicted octanol–water partition coefficient (Wildman–Crippen LogP) is 3.75. The number of amides is 2. The Morgan fingerprint density at radius 2 is 1.84 bits per heavy atom. The van der Waals surface area contributed by atoms with Gasteiger partial charge in [0.25, 0.3) is 0 Å². The lowest BCUT2D eigenvalue weighted by Gasteiger charge is -2.24. The molecule has 0 saturated heterocycles. The Morgan fingerprint density at radius 1 is 1.16 bits per heavy atom. The van der Waals surface area contributed by atoms with Gasteiger partial charge < -0.3 is 25.5 Å². The molecule has 0 spiro atoms. The minimum atomic E-state index is -0.666. The minimum absolute atomic E-state index is 0.103. The van der Waals surface area contributed by atoms with Gasteiger partial charge in [-0.05, 0) is 50.5 Å². The molecule has 2 aromatic carbocycles. The number of benzene rings is 2. The van der Waals surface area contributed by atoms with E-state index in [1.807, 2.05) is 55.8 Å². The molecule has 3 rings (SSSR count). The summed E-state index contributed by atoms with van der Waals surface area (Å²) in [4.78, 5) is 40.6. The molecule has 0 radical (unpaired) electrons. The number of nitrogens with zero attached hydrogens (tertiary/aromatic N) is 2. The van der Waals surface area contributed by atoms with E-state index in [-0.39, 0.29) is 29.0 Å². The van der Waals surface area contributed by atoms with Crippen LogP contribution in [0.15, 0.2) is 42.6 Å². The number of aliphatic hydroxyl groups is 1. The summed E-state index contributed by atoms with van der Waals surface area (Å²) in [6, 6.07) is 10.8. The number of carbonyl (C=O) groups is 3. The van der Waals surface area contributed by atoms with E-state index >= 15 is 0 Å². The number of Topliss-reactive ketones (excluding diaryl/α,β-unsaturated/α-hetero) is 1. The third-order valence-corrected chi connectivity index (χ3v) is 6.42. The molecule has 1 heterocycles. The van der Waals surface area contributed by atoms with Crippen LogP contribution < -0.4 is 15.8 Å². The van der Waals surface area contributed by atoms with Crippen LogP contribution in [0.2, 0.25) is 5.02 Å². The quantitative estimate of drug-likeness (QED) is 0.299. The number of aryl methyl sites for hydroxylation is 1. The van der Waals surface area contributed by atoms with Gasteiger partial charge in [-0.3, -0.25) is 14.4 Å². The van der Waals surface area contributed by atoms with E-state index < -0.39 is 24.3 Å². The SMILES string of the molecule is CCn1cc(-c2ccc(CC(CNC(=O)CO)c3c(C(N)=O)ccc(OC(C)C)c3Cl)cc2)nc1C(C)=O. The Hall–Kier alpha value is -3.69. The van der Waals surface area contributed by atoms with Gasteiger partial charge in [0.05, 0.1) is 16.8 Å². The Labute approximate surface area is 227 Å². The number of ketones is 1. The molecule has 4 N–H and O–H groups in total. The molecule has 1 unspecified atom stereocenters. The highest BCUT2D eigenvalue weighted by atomic mass is 35.5. The number of ether oxygens (including phenoxy) is 1. The van der Waals surface area contributed by atoms with Crippen molar-refractivity contribution in [3.05, 3.63) is 70.1 Å². The van der Waals surface area contributed by atoms with Crippen molar-refractivity contribution in [2.75, 3.05) is 13.2 Å². The molecule has 10 heteroatoms. The molecular formula is C28H33ClN4O5. The van der Waals surface area contributed by atoms with Crippen molar-refractivity contribution in [2.24, 2.45) is 5.73 Å². The molecule has 0 aliphatic heterocycles. The Kier molecular flexibility index (Phi) is 9.66. The molecule has 0 fully saturated rings. The zero-order valence-electron chi connectivity index (χ0n) is 22.0. The van der Waals surface area contributed by atoms with Crippen LogP contribution in [-0.2, 0) is 17.8 Å². The Balaban J connectivity index is 1.99. The number of primary amides is 1. The van der Waals surface area contributed by atoms with Crippen molar-refractivity contribution >= 4 is 29.2 Å². The molecular weight excluding hydrogens is 508 g/mol. The van der Waals surface area contributed by atoms with Crippen LogP contribution >= 0.6 is 11.6 Å². The van der Waals surface area contributed by atoms with Crippen molar-refractivity contribution < 1.29 is 24.2 Å². The number of halogens is 1. The number of nitrogens with one attached hydrogen (secondary N) is 1. The fourth-order valence-corrected chi connectivity index (χ4v) is 4.64. The molecule has 202 valence electrons. The molecule has 9 nitrogen and oxygen atoms in total. The third kappa shape index (κ3) is 6.79. The van der Waals surface area contributed by atoms with Gasteiger partial charge in [0.2, 0.25) is 11.8 Å². The van der Waals surface area contributed by atoms with Gasteiger partial charge in [-0.1, -0.05) is 35.9 Å². The normalized spacial score (nSPS) is 11.9. The first kappa shape index (κ1) is 28.9. The van der Waals surface area contributed by atoms with Gasteiger partial charge in [-0.25, -0.2) is 4.98 Å². The lowest BCUT2D eigenvalue weighted by molar-refractivity contribution is -0.123. The molecule has 0 aliphatic rings. The van der Waals surface area contributed by atoms with Crippen molar-refractivity contribution in [1.29, 1.82) is 0 Å². The fraction of sp³-hybridized carbons (Fsp3) is 0.357. The minimum Gasteiger partial charge on any atom is -0.489 e. The highest BCUT2D eigenvalue weighted by Gasteiger charge is 2.25. The summed E-state index contributed by atoms with van der Waals surface area (Å²) < 4.78 is 7.64. The molecule has 0 bridgehead atoms. The number of aliphatic hydroxyl groups excluding tert-OH is 1. The number of nitrogens with two attached hydrogens (primary N) is 1. The number of imidazole rings is 1. The van der Waals surface area contributed by atoms with Gasteiger partial charge in [-0.2, -0.15) is 0 Å². The molecule has 3 aromatic rings. The number of carbonyl (C=O) groups excluding carboxylic acids is 3. The molecule has 0 saturated carbocycles. The summed E-state index contributed by atoms with van der Waals surface area (Å²) in [6.07, 6.45) is 2.09. The first-order chi connectivity index (χ1) is 18.0. The van der Waals surface area contributed by atoms with Crippen LogP contribution in [0, 0.1) is 0 Å². The van der Waals surface area contributed by atoms with Crippen LogP contribution in [0.5, 0.6) is 5.75 Å². The van der Waals surface area contributed by atoms with Gasteiger partial charge in [0, 0.05) is 43.3 Å². The number of hydrogen-bond acceptors (Lipinski definition) is 6. The van der Waals surface area contributed by atoms with E-state index in [1.54, 1.807) is 12.1 Å². The maximum Gasteiger partial charge on any atom is 0.249 e. The second-order valence-electron chi connectivity index (χ2n) is 9.22. The highest BCUT2D eigenvalue weighted by Crippen LogP contribution is 2.38. The van der Waals surface area contributed by atoms with E-state index in [0.717, 1.165) is 11.1 Å². The summed E-state index contributed by atoms with van der Waals surface area (Å²) in [5.74, 6) is -0.949. The second kappa shape index (κ2) is 12.7. The van der Waals surface area contributed by atoms with Crippen molar-refractivity contribution in [3.8, 4) is 17.0 Å². The fourth-order valence-electron chi connectivity index (χ4n) is 4.27. The van der Waals surface area contributed by atoms with Crippen LogP contribution in [0.4, 0.5) is 0 Å². The summed E-state index contributed by atoms with van der Waals surface area (Å²) in [6.45, 7) is 7.23. The van der Waals surface area contributed by atoms with Crippen molar-refractivity contribution in [2.45, 2.75) is 52.7 Å². The van der Waals surface area contributed by atoms with Gasteiger partial charge >= 0.3 is 0 Å². The van der Waals surface area contributed by atoms with E-state index in [1.165, 1.54) is 6.92 Å². The Bertz CT molecular complexity index is 1320. The lowest BCUT2D eigenvalue weighted by atomic mass is 9.87. The monoisotopic (exact) mass is 540 g/mol. The smallest absolute Gasteiger partial charge is 0.249 e. The molecule has 38 heavy (non-hydrogen) atoms. The summed E-state index contributed by atoms with van der Waals surface area (Å²) >= 11 is 6.74. The van der Waals surface area contributed by atoms with Crippen LogP contribution in [0.25, 0.3) is 11.3 Å². The largest absolute Gasteiger partial charge is 0.489 e. The first-order valence-electron chi connectivity index (χ1n) is 12.4. The van der Waals surface area contributed by atoms with Crippen LogP contribution in [0.1, 0.15) is 65.7 Å². The highest BCUT2D eigenvalue weighted by molar-refractivity contribution is 6.33. The zero-order chi connectivity index (χ0) is 28.0. The van der Waals surface area contributed by atoms with Gasteiger partial charge in [0.15, 0.2) is 11.6 Å². The summed E-state index contributed by atoms with van der Waals surface area (Å²) in [7, 11) is 0. The van der Waals surface area contributed by atoms with Gasteiger partial charge in [0.1, 0.15) is 12.4 Å². The van der Waals surface area contributed by atoms with Crippen molar-refractivity contribution in [3.63, 3.8) is 0 Å². The van der Waals surface area contributed by atoms with E-state index in [0.29, 0.717) is 35.8 Å². The zero-order valence-corrected chi connectivity index (χ0v) is 22.7. The van der Waals surface area contributed by atoms with E-state index in [9.17, 15) is 19.5 Å². The lowest BCUT2D eigenvalue weighted by Crippen LogP contribution is -2.32. The molecule has 1 atom stereocenters. The van der Waals surface area contributed by atoms with Crippen molar-refractivity contribution in [1.82, 2.24) is 14.9 Å². The Morgan fingerprint density at radius 3 is 2.37 bits per heavy atom. The maximum absolute atomic E-state index is 12.3. The average molecular weight is 541 g/mol. The van der Waals surface area contributed by atoms with Crippen LogP contribution in [-0.4, -0.2) is 51.5 Å². The number of hydrogen-bond donors (Lipinski definition) is 3. The molecule has 1 aromatic heterocycles. The third-order valence-electron chi connectivity index (χ3n) is 6.03. The number of rotatable bonds is 12. The summed E-state index contributed by atoms with van der Waals surface area (Å²) in [5.41, 5.74) is 8.81. The predicted molar refractivity (Wildman–Crippen MR) is 146 cm³/mol. The first-order valence-corrected chi connectivity index (χ1v) is 12.8. The van der Waals surface area contributed by atoms with E-state index in [4.69, 9.17) is 22.1 Å². The summed E-state index contributed by atoms with van der Waals surface area (Å²) in [5, 5.41) is 12.1. The number of aromatic nitrogens is 2. The molecule has 0 aliphatic carbocycles. The van der Waals surface area contributed by atoms with Crippen LogP contribution in [0.3, 0.4) is 0 Å².